The molecule has 76 valence electrons. The van der Waals surface area contributed by atoms with Gasteiger partial charge in [-0.3, -0.25) is 0 Å². The van der Waals surface area contributed by atoms with Crippen molar-refractivity contribution < 1.29 is 4.74 Å². The normalized spacial score (nSPS) is 17.9. The smallest absolute Gasteiger partial charge is 0.213 e. The lowest BCUT2D eigenvalue weighted by atomic mass is 10.1. The van der Waals surface area contributed by atoms with Gasteiger partial charge in [-0.05, 0) is 31.7 Å². The lowest BCUT2D eigenvalue weighted by Crippen LogP contribution is -2.22. The van der Waals surface area contributed by atoms with Crippen LogP contribution in [0, 0.1) is 0 Å². The number of rotatable bonds is 4. The lowest BCUT2D eigenvalue weighted by Gasteiger charge is -2.07. The third-order valence-electron chi connectivity index (χ3n) is 2.76. The molecule has 0 spiro atoms. The van der Waals surface area contributed by atoms with Gasteiger partial charge in [0.2, 0.25) is 5.88 Å². The van der Waals surface area contributed by atoms with E-state index in [9.17, 15) is 0 Å². The zero-order valence-electron chi connectivity index (χ0n) is 8.49. The highest BCUT2D eigenvalue weighted by Gasteiger charge is 2.37. The maximum absolute atomic E-state index is 6.01. The van der Waals surface area contributed by atoms with Crippen molar-refractivity contribution in [1.29, 1.82) is 0 Å². The Kier molecular flexibility index (Phi) is 2.42. The van der Waals surface area contributed by atoms with Crippen molar-refractivity contribution in [3.8, 4) is 5.88 Å². The second-order valence-corrected chi connectivity index (χ2v) is 4.03. The second-order valence-electron chi connectivity index (χ2n) is 4.03. The van der Waals surface area contributed by atoms with Crippen LogP contribution in [0.5, 0.6) is 5.88 Å². The van der Waals surface area contributed by atoms with Gasteiger partial charge in [-0.15, -0.1) is 0 Å². The number of nitrogens with zero attached hydrogens (tertiary/aromatic N) is 1. The molecule has 0 aliphatic heterocycles. The summed E-state index contributed by atoms with van der Waals surface area (Å²) in [5.74, 6) is 0.685. The highest BCUT2D eigenvalue weighted by atomic mass is 16.5. The van der Waals surface area contributed by atoms with Gasteiger partial charge in [0.05, 0.1) is 7.11 Å². The molecule has 3 heteroatoms. The standard InChI is InChI=1S/C11H16N2O/c1-14-10-4-2-3-9(13-10)5-6-11(12)7-8-11/h2-4H,5-8,12H2,1H3. The minimum Gasteiger partial charge on any atom is -0.481 e. The van der Waals surface area contributed by atoms with E-state index in [4.69, 9.17) is 10.5 Å². The van der Waals surface area contributed by atoms with Gasteiger partial charge in [-0.25, -0.2) is 4.98 Å². The molecule has 1 aliphatic rings. The first kappa shape index (κ1) is 9.46. The van der Waals surface area contributed by atoms with Crippen LogP contribution < -0.4 is 10.5 Å². The first-order chi connectivity index (χ1) is 6.72. The van der Waals surface area contributed by atoms with Gasteiger partial charge in [-0.2, -0.15) is 0 Å². The Morgan fingerprint density at radius 3 is 2.93 bits per heavy atom. The van der Waals surface area contributed by atoms with Gasteiger partial charge < -0.3 is 10.5 Å². The molecule has 1 aliphatic carbocycles. The van der Waals surface area contributed by atoms with Crippen LogP contribution in [0.4, 0.5) is 0 Å². The Morgan fingerprint density at radius 1 is 1.50 bits per heavy atom. The summed E-state index contributed by atoms with van der Waals surface area (Å²) < 4.78 is 5.06. The predicted molar refractivity (Wildman–Crippen MR) is 55.3 cm³/mol. The zero-order chi connectivity index (χ0) is 10.0. The Hall–Kier alpha value is -1.09. The number of nitrogens with two attached hydrogens (primary N) is 1. The van der Waals surface area contributed by atoms with Crippen molar-refractivity contribution in [3.63, 3.8) is 0 Å². The van der Waals surface area contributed by atoms with Crippen LogP contribution in [-0.4, -0.2) is 17.6 Å². The number of hydrogen-bond acceptors (Lipinski definition) is 3. The van der Waals surface area contributed by atoms with E-state index >= 15 is 0 Å². The maximum atomic E-state index is 6.01. The summed E-state index contributed by atoms with van der Waals surface area (Å²) in [6.45, 7) is 0. The largest absolute Gasteiger partial charge is 0.481 e. The van der Waals surface area contributed by atoms with Crippen molar-refractivity contribution in [2.24, 2.45) is 5.73 Å². The van der Waals surface area contributed by atoms with E-state index in [0.29, 0.717) is 5.88 Å². The number of aromatic nitrogens is 1. The monoisotopic (exact) mass is 192 g/mol. The molecule has 2 N–H and O–H groups in total. The van der Waals surface area contributed by atoms with Gasteiger partial charge in [0, 0.05) is 17.3 Å². The predicted octanol–water partition coefficient (Wildman–Crippen LogP) is 1.51. The number of pyridine rings is 1. The highest BCUT2D eigenvalue weighted by molar-refractivity contribution is 5.16. The number of ether oxygens (including phenoxy) is 1. The maximum Gasteiger partial charge on any atom is 0.213 e. The second kappa shape index (κ2) is 3.58. The summed E-state index contributed by atoms with van der Waals surface area (Å²) in [5, 5.41) is 0. The molecule has 0 amide bonds. The van der Waals surface area contributed by atoms with E-state index in [1.165, 1.54) is 0 Å². The van der Waals surface area contributed by atoms with Crippen molar-refractivity contribution >= 4 is 0 Å². The fourth-order valence-corrected chi connectivity index (χ4v) is 1.50. The molecule has 0 bridgehead atoms. The minimum atomic E-state index is 0.116. The Bertz CT molecular complexity index is 321. The van der Waals surface area contributed by atoms with Crippen LogP contribution in [-0.2, 0) is 6.42 Å². The molecule has 1 aromatic heterocycles. The lowest BCUT2D eigenvalue weighted by molar-refractivity contribution is 0.395. The van der Waals surface area contributed by atoms with Crippen molar-refractivity contribution in [3.05, 3.63) is 23.9 Å². The van der Waals surface area contributed by atoms with Gasteiger partial charge in [0.1, 0.15) is 0 Å². The number of hydrogen-bond donors (Lipinski definition) is 1. The van der Waals surface area contributed by atoms with Crippen LogP contribution in [0.2, 0.25) is 0 Å². The molecular formula is C11H16N2O. The van der Waals surface area contributed by atoms with E-state index in [1.807, 2.05) is 18.2 Å². The molecule has 0 saturated heterocycles. The molecule has 0 atom stereocenters. The summed E-state index contributed by atoms with van der Waals surface area (Å²) in [7, 11) is 1.64. The van der Waals surface area contributed by atoms with Gasteiger partial charge in [0.15, 0.2) is 0 Å². The number of methoxy groups -OCH3 is 1. The highest BCUT2D eigenvalue weighted by Crippen LogP contribution is 2.36. The SMILES string of the molecule is COc1cccc(CCC2(N)CC2)n1. The molecule has 2 rings (SSSR count). The van der Waals surface area contributed by atoms with E-state index < -0.39 is 0 Å². The summed E-state index contributed by atoms with van der Waals surface area (Å²) >= 11 is 0. The average molecular weight is 192 g/mol. The average Bonchev–Trinajstić information content (AvgIpc) is 2.95. The van der Waals surface area contributed by atoms with Crippen molar-refractivity contribution in [2.45, 2.75) is 31.2 Å². The fraction of sp³-hybridized carbons (Fsp3) is 0.545. The Labute approximate surface area is 84.3 Å². The first-order valence-corrected chi connectivity index (χ1v) is 5.01. The van der Waals surface area contributed by atoms with E-state index in [-0.39, 0.29) is 5.54 Å². The third kappa shape index (κ3) is 2.23. The van der Waals surface area contributed by atoms with Crippen molar-refractivity contribution in [2.75, 3.05) is 7.11 Å². The molecule has 0 aromatic carbocycles. The first-order valence-electron chi connectivity index (χ1n) is 5.01. The molecule has 14 heavy (non-hydrogen) atoms. The van der Waals surface area contributed by atoms with Crippen LogP contribution in [0.25, 0.3) is 0 Å². The molecular weight excluding hydrogens is 176 g/mol. The topological polar surface area (TPSA) is 48.1 Å². The van der Waals surface area contributed by atoms with E-state index in [0.717, 1.165) is 31.4 Å². The molecule has 1 aromatic rings. The summed E-state index contributed by atoms with van der Waals surface area (Å²) in [6.07, 6.45) is 4.31. The molecule has 0 unspecified atom stereocenters. The Balaban J connectivity index is 1.94. The summed E-state index contributed by atoms with van der Waals surface area (Å²) in [4.78, 5) is 4.34. The molecule has 3 nitrogen and oxygen atoms in total. The quantitative estimate of drug-likeness (QED) is 0.786. The molecule has 1 fully saturated rings. The zero-order valence-corrected chi connectivity index (χ0v) is 8.49. The summed E-state index contributed by atoms with van der Waals surface area (Å²) in [5.41, 5.74) is 7.19. The minimum absolute atomic E-state index is 0.116. The fourth-order valence-electron chi connectivity index (χ4n) is 1.50. The molecule has 0 radical (unpaired) electrons. The Morgan fingerprint density at radius 2 is 2.29 bits per heavy atom. The van der Waals surface area contributed by atoms with Crippen LogP contribution in [0.1, 0.15) is 25.0 Å². The van der Waals surface area contributed by atoms with Gasteiger partial charge >= 0.3 is 0 Å². The third-order valence-corrected chi connectivity index (χ3v) is 2.76. The van der Waals surface area contributed by atoms with Crippen LogP contribution in [0.3, 0.4) is 0 Å². The van der Waals surface area contributed by atoms with Crippen LogP contribution >= 0.6 is 0 Å². The van der Waals surface area contributed by atoms with E-state index in [1.54, 1.807) is 7.11 Å². The summed E-state index contributed by atoms with van der Waals surface area (Å²) in [6, 6.07) is 5.85. The van der Waals surface area contributed by atoms with Crippen LogP contribution in [0.15, 0.2) is 18.2 Å². The molecule has 1 heterocycles. The van der Waals surface area contributed by atoms with Gasteiger partial charge in [0.25, 0.3) is 0 Å². The van der Waals surface area contributed by atoms with Gasteiger partial charge in [-0.1, -0.05) is 6.07 Å². The molecule has 1 saturated carbocycles. The number of aryl methyl sites for hydroxylation is 1. The van der Waals surface area contributed by atoms with E-state index in [2.05, 4.69) is 4.98 Å². The van der Waals surface area contributed by atoms with Crippen molar-refractivity contribution in [1.82, 2.24) is 4.98 Å².